The molecule has 0 aliphatic carbocycles. The Hall–Kier alpha value is -2.08. The third kappa shape index (κ3) is 13.2. The average molecular weight is 1020 g/mol. The zero-order valence-electron chi connectivity index (χ0n) is 44.3. The van der Waals surface area contributed by atoms with Crippen LogP contribution >= 0.6 is 0 Å². The number of hydrogen-bond acceptors (Lipinski definition) is 16. The van der Waals surface area contributed by atoms with Crippen LogP contribution in [0.4, 0.5) is 5.69 Å². The van der Waals surface area contributed by atoms with Crippen molar-refractivity contribution in [2.75, 3.05) is 51.6 Å². The SMILES string of the molecule is CCCN1C[C@H](C)C[C@@](C)(O)[C@H](O[C@@H]2O[C@H](C)C[C@H](N(C)S(=O)(=O)Nc3ccccc3)[C@H]2O)[C@@H](C)[C@H](O[C@H]2C[C@@](C)(OC)[C@](O)(CN3CCCCC3)[C@H](C)O2)[C@@H](C)C(=O)O[C@H](CC)[C@@](C)(O)[C@H](O)[C@H]1C. The molecule has 6 N–H and O–H groups in total. The van der Waals surface area contributed by atoms with Crippen LogP contribution in [0.15, 0.2) is 30.3 Å². The van der Waals surface area contributed by atoms with Gasteiger partial charge in [0, 0.05) is 51.3 Å². The molecule has 18 atom stereocenters. The van der Waals surface area contributed by atoms with Gasteiger partial charge in [0.1, 0.15) is 35.1 Å². The first kappa shape index (κ1) is 58.8. The fourth-order valence-corrected chi connectivity index (χ4v) is 12.9. The number of carbonyl (C=O) groups is 1. The fraction of sp³-hybridized carbons (Fsp3) is 0.863. The number of piperidine rings is 1. The van der Waals surface area contributed by atoms with Crippen LogP contribution in [0, 0.1) is 17.8 Å². The van der Waals surface area contributed by atoms with Gasteiger partial charge in [0.2, 0.25) is 0 Å². The first-order chi connectivity index (χ1) is 32.7. The van der Waals surface area contributed by atoms with Crippen molar-refractivity contribution in [3.63, 3.8) is 0 Å². The molecule has 4 saturated heterocycles. The largest absolute Gasteiger partial charge is 0.459 e. The van der Waals surface area contributed by atoms with E-state index >= 15 is 0 Å². The van der Waals surface area contributed by atoms with Crippen LogP contribution < -0.4 is 4.72 Å². The molecule has 0 saturated carbocycles. The average Bonchev–Trinajstić information content (AvgIpc) is 3.30. The van der Waals surface area contributed by atoms with Gasteiger partial charge in [-0.05, 0) is 125 Å². The number of β-amino-alcohol motifs (C(OH)–C–C–N with tert-alkyl or cyclic N) is 1. The number of likely N-dealkylation sites (tertiary alicyclic amines) is 1. The fourth-order valence-electron chi connectivity index (χ4n) is 11.8. The second kappa shape index (κ2) is 24.1. The summed E-state index contributed by atoms with van der Waals surface area (Å²) in [6, 6.07) is 6.80. The Morgan fingerprint density at radius 2 is 1.56 bits per heavy atom. The number of methoxy groups -OCH3 is 1. The molecule has 0 aromatic heterocycles. The summed E-state index contributed by atoms with van der Waals surface area (Å²) in [6.07, 6.45) is -6.08. The monoisotopic (exact) mass is 1010 g/mol. The quantitative estimate of drug-likeness (QED) is 0.143. The number of nitrogens with one attached hydrogen (secondary N) is 1. The lowest BCUT2D eigenvalue weighted by molar-refractivity contribution is -0.339. The lowest BCUT2D eigenvalue weighted by atomic mass is 9.74. The second-order valence-corrected chi connectivity index (χ2v) is 23.6. The Bertz CT molecular complexity index is 1910. The number of cyclic esters (lactones) is 1. The van der Waals surface area contributed by atoms with Crippen molar-refractivity contribution in [1.82, 2.24) is 14.1 Å². The number of benzene rings is 1. The number of likely N-dealkylation sites (N-methyl/N-ethyl adjacent to an activating group) is 1. The number of carbonyl (C=O) groups excluding carboxylic acids is 1. The van der Waals surface area contributed by atoms with Crippen molar-refractivity contribution in [1.29, 1.82) is 0 Å². The molecular formula is C51H90N4O14S. The predicted molar refractivity (Wildman–Crippen MR) is 266 cm³/mol. The highest BCUT2D eigenvalue weighted by Crippen LogP contribution is 2.44. The lowest BCUT2D eigenvalue weighted by Gasteiger charge is -2.55. The van der Waals surface area contributed by atoms with Crippen molar-refractivity contribution >= 4 is 21.9 Å². The third-order valence-electron chi connectivity index (χ3n) is 16.1. The molecule has 1 aromatic rings. The summed E-state index contributed by atoms with van der Waals surface area (Å²) in [5, 5.41) is 61.7. The Morgan fingerprint density at radius 1 is 0.914 bits per heavy atom. The highest BCUT2D eigenvalue weighted by molar-refractivity contribution is 7.90. The molecule has 0 unspecified atom stereocenters. The summed E-state index contributed by atoms with van der Waals surface area (Å²) in [7, 11) is -1.28. The van der Waals surface area contributed by atoms with E-state index in [-0.39, 0.29) is 31.6 Å². The Balaban J connectivity index is 1.58. The third-order valence-corrected chi connectivity index (χ3v) is 17.7. The molecule has 4 heterocycles. The molecule has 4 fully saturated rings. The molecule has 5 rings (SSSR count). The van der Waals surface area contributed by atoms with E-state index in [0.717, 1.165) is 43.1 Å². The zero-order valence-corrected chi connectivity index (χ0v) is 45.1. The van der Waals surface area contributed by atoms with Crippen LogP contribution in [0.25, 0.3) is 0 Å². The number of rotatable bonds is 14. The second-order valence-electron chi connectivity index (χ2n) is 21.9. The van der Waals surface area contributed by atoms with Gasteiger partial charge in [0.05, 0.1) is 42.0 Å². The summed E-state index contributed by atoms with van der Waals surface area (Å²) >= 11 is 0. The molecule has 70 heavy (non-hydrogen) atoms. The maximum Gasteiger partial charge on any atom is 0.311 e. The van der Waals surface area contributed by atoms with E-state index in [0.29, 0.717) is 25.3 Å². The number of aliphatic hydroxyl groups is 5. The van der Waals surface area contributed by atoms with E-state index in [1.54, 1.807) is 79.0 Å². The summed E-state index contributed by atoms with van der Waals surface area (Å²) in [4.78, 5) is 19.0. The molecule has 0 bridgehead atoms. The minimum absolute atomic E-state index is 0.0488. The highest BCUT2D eigenvalue weighted by Gasteiger charge is 2.59. The number of ether oxygens (including phenoxy) is 6. The molecule has 1 aromatic carbocycles. The van der Waals surface area contributed by atoms with Gasteiger partial charge >= 0.3 is 16.2 Å². The van der Waals surface area contributed by atoms with E-state index in [1.807, 2.05) is 27.7 Å². The molecule has 18 nitrogen and oxygen atoms in total. The van der Waals surface area contributed by atoms with Gasteiger partial charge < -0.3 is 58.9 Å². The van der Waals surface area contributed by atoms with E-state index in [4.69, 9.17) is 28.4 Å². The molecule has 4 aliphatic heterocycles. The van der Waals surface area contributed by atoms with Gasteiger partial charge in [-0.15, -0.1) is 0 Å². The maximum absolute atomic E-state index is 14.7. The van der Waals surface area contributed by atoms with Crippen LogP contribution in [-0.4, -0.2) is 191 Å². The number of anilines is 1. The van der Waals surface area contributed by atoms with Crippen molar-refractivity contribution in [3.05, 3.63) is 30.3 Å². The molecule has 0 radical (unpaired) electrons. The van der Waals surface area contributed by atoms with E-state index < -0.39 is 118 Å². The zero-order chi connectivity index (χ0) is 52.1. The van der Waals surface area contributed by atoms with Gasteiger partial charge in [0.15, 0.2) is 12.6 Å². The molecule has 4 aliphatic rings. The van der Waals surface area contributed by atoms with E-state index in [9.17, 15) is 38.7 Å². The smallest absolute Gasteiger partial charge is 0.311 e. The number of para-hydroxylation sites is 1. The lowest BCUT2D eigenvalue weighted by Crippen LogP contribution is -2.70. The Labute approximate surface area is 418 Å². The van der Waals surface area contributed by atoms with Gasteiger partial charge in [-0.3, -0.25) is 14.4 Å². The van der Waals surface area contributed by atoms with Gasteiger partial charge in [-0.25, -0.2) is 0 Å². The number of aliphatic hydroxyl groups excluding tert-OH is 2. The van der Waals surface area contributed by atoms with Gasteiger partial charge in [0.25, 0.3) is 0 Å². The molecule has 0 amide bonds. The van der Waals surface area contributed by atoms with Crippen molar-refractivity contribution in [2.45, 2.75) is 217 Å². The summed E-state index contributed by atoms with van der Waals surface area (Å²) in [5.74, 6) is -3.08. The van der Waals surface area contributed by atoms with Crippen molar-refractivity contribution in [3.8, 4) is 0 Å². The summed E-state index contributed by atoms with van der Waals surface area (Å²) in [6.45, 7) is 22.4. The minimum atomic E-state index is -4.20. The standard InChI is InChI=1S/C51H90N4O14S/c1-14-24-55-30-32(3)28-48(9,59)45(69-47-42(56)39(27-33(4)65-47)53(12)70(62,63)52-38-22-18-16-19-23-38)34(5)43(35(6)46(58)67-40(15-2)50(11,60)44(57)36(55)7)68-41-29-49(10,64-13)51(61,37(8)66-41)31-54-25-20-17-21-26-54/h16,18-19,22-23,32-37,39-45,47,52,56-57,59-61H,14-15,17,20-21,24-31H2,1-13H3/t32-,33-,34+,35-,36-,37+,39+,40-,41+,42-,43+,44-,45-,47+,48-,49-,50-,51+/m1/s1. The van der Waals surface area contributed by atoms with Crippen molar-refractivity contribution < 1.29 is 67.2 Å². The Morgan fingerprint density at radius 3 is 2.16 bits per heavy atom. The molecule has 404 valence electrons. The van der Waals surface area contributed by atoms with Crippen LogP contribution in [0.1, 0.15) is 128 Å². The van der Waals surface area contributed by atoms with Gasteiger partial charge in [-0.2, -0.15) is 12.7 Å². The predicted octanol–water partition coefficient (Wildman–Crippen LogP) is 4.26. The highest BCUT2D eigenvalue weighted by atomic mass is 32.2. The number of nitrogens with zero attached hydrogens (tertiary/aromatic N) is 3. The molecule has 0 spiro atoms. The first-order valence-corrected chi connectivity index (χ1v) is 27.3. The summed E-state index contributed by atoms with van der Waals surface area (Å²) in [5.41, 5.74) is -5.92. The van der Waals surface area contributed by atoms with Crippen LogP contribution in [0.5, 0.6) is 0 Å². The Kier molecular flexibility index (Phi) is 20.2. The first-order valence-electron chi connectivity index (χ1n) is 25.8. The normalized spacial score (nSPS) is 42.7. The number of hydrogen-bond donors (Lipinski definition) is 6. The van der Waals surface area contributed by atoms with Crippen molar-refractivity contribution in [2.24, 2.45) is 17.8 Å². The number of esters is 1. The maximum atomic E-state index is 14.7. The van der Waals surface area contributed by atoms with Crippen LogP contribution in [-0.2, 0) is 43.4 Å². The molecular weight excluding hydrogens is 925 g/mol. The summed E-state index contributed by atoms with van der Waals surface area (Å²) < 4.78 is 70.4. The van der Waals surface area contributed by atoms with Crippen LogP contribution in [0.3, 0.4) is 0 Å². The topological polar surface area (TPSA) is 229 Å². The van der Waals surface area contributed by atoms with E-state index in [2.05, 4.69) is 14.5 Å². The van der Waals surface area contributed by atoms with Crippen LogP contribution in [0.2, 0.25) is 0 Å². The minimum Gasteiger partial charge on any atom is -0.459 e. The van der Waals surface area contributed by atoms with Gasteiger partial charge in [-0.1, -0.05) is 52.3 Å². The molecule has 19 heteroatoms. The van der Waals surface area contributed by atoms with E-state index in [1.165, 1.54) is 14.0 Å².